The summed E-state index contributed by atoms with van der Waals surface area (Å²) in [6.07, 6.45) is 3.05. The molecule has 0 aliphatic carbocycles. The third-order valence-electron chi connectivity index (χ3n) is 3.46. The molecule has 1 aromatic heterocycles. The smallest absolute Gasteiger partial charge is 0.237 e. The summed E-state index contributed by atoms with van der Waals surface area (Å²) >= 11 is 1.75. The Morgan fingerprint density at radius 2 is 2.50 bits per heavy atom. The van der Waals surface area contributed by atoms with E-state index in [1.54, 1.807) is 11.3 Å². The molecule has 0 spiro atoms. The Bertz CT molecular complexity index is 377. The van der Waals surface area contributed by atoms with Crippen molar-refractivity contribution in [2.24, 2.45) is 5.92 Å². The maximum Gasteiger partial charge on any atom is 0.237 e. The Morgan fingerprint density at radius 1 is 1.67 bits per heavy atom. The normalized spacial score (nSPS) is 25.7. The second-order valence-electron chi connectivity index (χ2n) is 5.33. The molecular formula is C14H22N2OS. The van der Waals surface area contributed by atoms with E-state index in [1.165, 1.54) is 11.3 Å². The van der Waals surface area contributed by atoms with E-state index >= 15 is 0 Å². The monoisotopic (exact) mass is 266 g/mol. The zero-order chi connectivity index (χ0) is 13.0. The summed E-state index contributed by atoms with van der Waals surface area (Å²) in [5.74, 6) is 0.806. The fraction of sp³-hybridized carbons (Fsp3) is 0.643. The van der Waals surface area contributed by atoms with Crippen molar-refractivity contribution in [3.8, 4) is 0 Å². The minimum atomic E-state index is -0.000430. The molecule has 3 unspecified atom stereocenters. The molecule has 100 valence electrons. The molecule has 0 bridgehead atoms. The van der Waals surface area contributed by atoms with E-state index in [-0.39, 0.29) is 18.0 Å². The molecule has 4 heteroatoms. The Balaban J connectivity index is 1.79. The predicted molar refractivity (Wildman–Crippen MR) is 75.8 cm³/mol. The summed E-state index contributed by atoms with van der Waals surface area (Å²) in [4.78, 5) is 13.4. The summed E-state index contributed by atoms with van der Waals surface area (Å²) in [5, 5.41) is 8.50. The maximum atomic E-state index is 12.1. The molecule has 0 saturated carbocycles. The number of nitrogens with one attached hydrogen (secondary N) is 2. The van der Waals surface area contributed by atoms with Crippen LogP contribution in [0.5, 0.6) is 0 Å². The first-order valence-corrected chi connectivity index (χ1v) is 7.59. The number of amides is 1. The molecule has 3 nitrogen and oxygen atoms in total. The number of piperidine rings is 1. The number of hydrogen-bond donors (Lipinski definition) is 2. The van der Waals surface area contributed by atoms with Crippen LogP contribution in [0.4, 0.5) is 0 Å². The second-order valence-corrected chi connectivity index (χ2v) is 6.36. The van der Waals surface area contributed by atoms with Gasteiger partial charge in [-0.2, -0.15) is 0 Å². The molecule has 1 aromatic rings. The molecule has 2 heterocycles. The van der Waals surface area contributed by atoms with Crippen LogP contribution in [0.25, 0.3) is 0 Å². The van der Waals surface area contributed by atoms with Crippen LogP contribution in [0.2, 0.25) is 0 Å². The largest absolute Gasteiger partial charge is 0.352 e. The van der Waals surface area contributed by atoms with Gasteiger partial charge < -0.3 is 10.6 Å². The van der Waals surface area contributed by atoms with Gasteiger partial charge in [0.05, 0.1) is 6.04 Å². The molecule has 18 heavy (non-hydrogen) atoms. The predicted octanol–water partition coefficient (Wildman–Crippen LogP) is 2.18. The van der Waals surface area contributed by atoms with Crippen molar-refractivity contribution < 1.29 is 4.79 Å². The van der Waals surface area contributed by atoms with Gasteiger partial charge >= 0.3 is 0 Å². The molecule has 0 aromatic carbocycles. The van der Waals surface area contributed by atoms with Gasteiger partial charge in [-0.15, -0.1) is 11.3 Å². The third-order valence-corrected chi connectivity index (χ3v) is 4.36. The average Bonchev–Trinajstić information content (AvgIpc) is 2.81. The standard InChI is InChI=1S/C14H22N2OS/c1-10-5-6-15-13(8-10)14(17)16-11(2)9-12-4-3-7-18-12/h3-4,7,10-11,13,15H,5-6,8-9H2,1-2H3,(H,16,17). The van der Waals surface area contributed by atoms with Gasteiger partial charge in [0.1, 0.15) is 0 Å². The Labute approximate surface area is 113 Å². The number of carbonyl (C=O) groups excluding carboxylic acids is 1. The van der Waals surface area contributed by atoms with Crippen LogP contribution >= 0.6 is 11.3 Å². The molecule has 3 atom stereocenters. The number of carbonyl (C=O) groups is 1. The minimum absolute atomic E-state index is 0.000430. The van der Waals surface area contributed by atoms with Crippen molar-refractivity contribution in [2.75, 3.05) is 6.54 Å². The second kappa shape index (κ2) is 6.34. The molecule has 1 amide bonds. The molecule has 1 saturated heterocycles. The summed E-state index contributed by atoms with van der Waals surface area (Å²) < 4.78 is 0. The molecule has 1 aliphatic rings. The van der Waals surface area contributed by atoms with E-state index < -0.39 is 0 Å². The van der Waals surface area contributed by atoms with E-state index in [2.05, 4.69) is 42.0 Å². The Morgan fingerprint density at radius 3 is 3.17 bits per heavy atom. The molecule has 2 N–H and O–H groups in total. The van der Waals surface area contributed by atoms with Crippen LogP contribution in [0, 0.1) is 5.92 Å². The molecule has 0 radical (unpaired) electrons. The minimum Gasteiger partial charge on any atom is -0.352 e. The van der Waals surface area contributed by atoms with Crippen molar-refractivity contribution in [3.63, 3.8) is 0 Å². The average molecular weight is 266 g/mol. The lowest BCUT2D eigenvalue weighted by molar-refractivity contribution is -0.124. The van der Waals surface area contributed by atoms with Gasteiger partial charge in [-0.1, -0.05) is 13.0 Å². The van der Waals surface area contributed by atoms with Gasteiger partial charge in [0, 0.05) is 17.3 Å². The van der Waals surface area contributed by atoms with Crippen molar-refractivity contribution in [1.82, 2.24) is 10.6 Å². The van der Waals surface area contributed by atoms with Crippen molar-refractivity contribution in [1.29, 1.82) is 0 Å². The maximum absolute atomic E-state index is 12.1. The summed E-state index contributed by atoms with van der Waals surface area (Å²) in [5.41, 5.74) is 0. The highest BCUT2D eigenvalue weighted by Gasteiger charge is 2.25. The van der Waals surface area contributed by atoms with Crippen LogP contribution in [0.3, 0.4) is 0 Å². The SMILES string of the molecule is CC1CCNC(C(=O)NC(C)Cc2cccs2)C1. The van der Waals surface area contributed by atoms with Crippen molar-refractivity contribution >= 4 is 17.2 Å². The lowest BCUT2D eigenvalue weighted by Gasteiger charge is -2.28. The van der Waals surface area contributed by atoms with E-state index in [0.29, 0.717) is 5.92 Å². The first-order valence-electron chi connectivity index (χ1n) is 6.71. The van der Waals surface area contributed by atoms with Crippen molar-refractivity contribution in [3.05, 3.63) is 22.4 Å². The van der Waals surface area contributed by atoms with Gasteiger partial charge in [-0.3, -0.25) is 4.79 Å². The zero-order valence-corrected chi connectivity index (χ0v) is 11.9. The van der Waals surface area contributed by atoms with Gasteiger partial charge in [-0.05, 0) is 43.7 Å². The quantitative estimate of drug-likeness (QED) is 0.877. The highest BCUT2D eigenvalue weighted by Crippen LogP contribution is 2.16. The fourth-order valence-corrected chi connectivity index (χ4v) is 3.27. The van der Waals surface area contributed by atoms with Gasteiger partial charge in [0.15, 0.2) is 0 Å². The van der Waals surface area contributed by atoms with E-state index in [9.17, 15) is 4.79 Å². The highest BCUT2D eigenvalue weighted by atomic mass is 32.1. The summed E-state index contributed by atoms with van der Waals surface area (Å²) in [6.45, 7) is 5.25. The van der Waals surface area contributed by atoms with E-state index in [1.807, 2.05) is 0 Å². The molecule has 2 rings (SSSR count). The molecular weight excluding hydrogens is 244 g/mol. The van der Waals surface area contributed by atoms with Crippen molar-refractivity contribution in [2.45, 2.75) is 45.2 Å². The first-order chi connectivity index (χ1) is 8.65. The lowest BCUT2D eigenvalue weighted by atomic mass is 9.94. The van der Waals surface area contributed by atoms with Gasteiger partial charge in [-0.25, -0.2) is 0 Å². The highest BCUT2D eigenvalue weighted by molar-refractivity contribution is 7.09. The summed E-state index contributed by atoms with van der Waals surface area (Å²) in [6, 6.07) is 4.38. The molecule has 1 fully saturated rings. The number of rotatable bonds is 4. The van der Waals surface area contributed by atoms with E-state index in [4.69, 9.17) is 0 Å². The molecule has 1 aliphatic heterocycles. The van der Waals surface area contributed by atoms with Crippen LogP contribution in [0.1, 0.15) is 31.6 Å². The van der Waals surface area contributed by atoms with Crippen LogP contribution in [-0.2, 0) is 11.2 Å². The van der Waals surface area contributed by atoms with Crippen LogP contribution in [-0.4, -0.2) is 24.5 Å². The Kier molecular flexibility index (Phi) is 4.78. The fourth-order valence-electron chi connectivity index (χ4n) is 2.43. The zero-order valence-electron chi connectivity index (χ0n) is 11.1. The lowest BCUT2D eigenvalue weighted by Crippen LogP contribution is -2.50. The number of thiophene rings is 1. The van der Waals surface area contributed by atoms with E-state index in [0.717, 1.165) is 19.4 Å². The topological polar surface area (TPSA) is 41.1 Å². The van der Waals surface area contributed by atoms with Crippen LogP contribution < -0.4 is 10.6 Å². The first kappa shape index (κ1) is 13.6. The Hall–Kier alpha value is -0.870. The van der Waals surface area contributed by atoms with Crippen LogP contribution in [0.15, 0.2) is 17.5 Å². The third kappa shape index (κ3) is 3.82. The van der Waals surface area contributed by atoms with Gasteiger partial charge in [0.25, 0.3) is 0 Å². The number of hydrogen-bond acceptors (Lipinski definition) is 3. The summed E-state index contributed by atoms with van der Waals surface area (Å²) in [7, 11) is 0. The van der Waals surface area contributed by atoms with Gasteiger partial charge in [0.2, 0.25) is 5.91 Å².